The molecule has 142 valence electrons. The van der Waals surface area contributed by atoms with E-state index in [2.05, 4.69) is 17.2 Å². The molecule has 0 aliphatic carbocycles. The third kappa shape index (κ3) is 5.04. The largest absolute Gasteiger partial charge is 0.449 e. The third-order valence-electron chi connectivity index (χ3n) is 4.30. The standard InChI is InChI=1S/C23H22N2O3/c1-3-17-8-11-20(12-9-17)25-23(27)16(2)28-22(26)15-14-19-13-10-18-6-4-5-7-21(18)24-19/h4-16H,3H2,1-2H3,(H,25,27)/b15-14+/t16-/m0/s1. The highest BCUT2D eigenvalue weighted by Gasteiger charge is 2.16. The fourth-order valence-corrected chi connectivity index (χ4v) is 2.66. The lowest BCUT2D eigenvalue weighted by Crippen LogP contribution is -2.29. The summed E-state index contributed by atoms with van der Waals surface area (Å²) in [6.45, 7) is 3.60. The van der Waals surface area contributed by atoms with E-state index in [1.807, 2.05) is 60.7 Å². The number of pyridine rings is 1. The van der Waals surface area contributed by atoms with E-state index in [1.54, 1.807) is 6.08 Å². The summed E-state index contributed by atoms with van der Waals surface area (Å²) < 4.78 is 5.17. The van der Waals surface area contributed by atoms with E-state index in [9.17, 15) is 9.59 Å². The Morgan fingerprint density at radius 1 is 1.07 bits per heavy atom. The molecular formula is C23H22N2O3. The number of esters is 1. The van der Waals surface area contributed by atoms with Crippen molar-refractivity contribution in [2.24, 2.45) is 0 Å². The number of rotatable bonds is 6. The number of hydrogen-bond donors (Lipinski definition) is 1. The van der Waals surface area contributed by atoms with Crippen molar-refractivity contribution >= 4 is 34.5 Å². The van der Waals surface area contributed by atoms with Crippen molar-refractivity contribution in [1.82, 2.24) is 4.98 Å². The van der Waals surface area contributed by atoms with E-state index in [4.69, 9.17) is 4.74 Å². The number of aryl methyl sites for hydroxylation is 1. The molecule has 0 aliphatic rings. The predicted octanol–water partition coefficient (Wildman–Crippen LogP) is 4.38. The molecule has 0 spiro atoms. The first-order valence-corrected chi connectivity index (χ1v) is 9.19. The Labute approximate surface area is 164 Å². The van der Waals surface area contributed by atoms with E-state index in [0.29, 0.717) is 11.4 Å². The molecule has 1 amide bonds. The highest BCUT2D eigenvalue weighted by atomic mass is 16.5. The molecule has 3 aromatic rings. The minimum absolute atomic E-state index is 0.380. The van der Waals surface area contributed by atoms with Gasteiger partial charge in [-0.2, -0.15) is 0 Å². The summed E-state index contributed by atoms with van der Waals surface area (Å²) in [5, 5.41) is 3.77. The number of nitrogens with one attached hydrogen (secondary N) is 1. The Bertz CT molecular complexity index is 1010. The zero-order valence-corrected chi connectivity index (χ0v) is 15.9. The maximum atomic E-state index is 12.2. The molecule has 0 aliphatic heterocycles. The van der Waals surface area contributed by atoms with Gasteiger partial charge in [0.15, 0.2) is 6.10 Å². The topological polar surface area (TPSA) is 68.3 Å². The average Bonchev–Trinajstić information content (AvgIpc) is 2.72. The van der Waals surface area contributed by atoms with Crippen LogP contribution in [0.1, 0.15) is 25.1 Å². The lowest BCUT2D eigenvalue weighted by Gasteiger charge is -2.12. The van der Waals surface area contributed by atoms with Crippen LogP contribution in [0.4, 0.5) is 5.69 Å². The number of carbonyl (C=O) groups is 2. The SMILES string of the molecule is CCc1ccc(NC(=O)[C@H](C)OC(=O)/C=C/c2ccc3ccccc3n2)cc1. The van der Waals surface area contributed by atoms with Gasteiger partial charge in [0.25, 0.3) is 5.91 Å². The molecular weight excluding hydrogens is 352 g/mol. The second-order valence-corrected chi connectivity index (χ2v) is 6.38. The molecule has 0 saturated carbocycles. The van der Waals surface area contributed by atoms with Crippen LogP contribution in [0.2, 0.25) is 0 Å². The number of hydrogen-bond acceptors (Lipinski definition) is 4. The first-order chi connectivity index (χ1) is 13.5. The van der Waals surface area contributed by atoms with Crippen LogP contribution in [-0.2, 0) is 20.7 Å². The fraction of sp³-hybridized carbons (Fsp3) is 0.174. The second kappa shape index (κ2) is 8.95. The normalized spacial score (nSPS) is 12.1. The Balaban J connectivity index is 1.56. The molecule has 0 radical (unpaired) electrons. The Kier molecular flexibility index (Phi) is 6.17. The zero-order chi connectivity index (χ0) is 19.9. The van der Waals surface area contributed by atoms with Crippen LogP contribution in [0, 0.1) is 0 Å². The van der Waals surface area contributed by atoms with E-state index in [1.165, 1.54) is 18.6 Å². The number of amides is 1. The maximum Gasteiger partial charge on any atom is 0.331 e. The summed E-state index contributed by atoms with van der Waals surface area (Å²) in [5.74, 6) is -0.978. The van der Waals surface area contributed by atoms with Gasteiger partial charge in [0, 0.05) is 17.1 Å². The maximum absolute atomic E-state index is 12.2. The Morgan fingerprint density at radius 3 is 2.57 bits per heavy atom. The number of ether oxygens (including phenoxy) is 1. The summed E-state index contributed by atoms with van der Waals surface area (Å²) >= 11 is 0. The third-order valence-corrected chi connectivity index (χ3v) is 4.30. The zero-order valence-electron chi connectivity index (χ0n) is 15.9. The van der Waals surface area contributed by atoms with Crippen LogP contribution in [0.3, 0.4) is 0 Å². The molecule has 0 unspecified atom stereocenters. The minimum Gasteiger partial charge on any atom is -0.449 e. The highest BCUT2D eigenvalue weighted by molar-refractivity contribution is 5.96. The van der Waals surface area contributed by atoms with Gasteiger partial charge in [0.05, 0.1) is 11.2 Å². The molecule has 1 heterocycles. The van der Waals surface area contributed by atoms with Gasteiger partial charge in [-0.05, 0) is 49.2 Å². The van der Waals surface area contributed by atoms with Gasteiger partial charge in [0.2, 0.25) is 0 Å². The van der Waals surface area contributed by atoms with Crippen LogP contribution >= 0.6 is 0 Å². The van der Waals surface area contributed by atoms with Gasteiger partial charge in [-0.25, -0.2) is 9.78 Å². The lowest BCUT2D eigenvalue weighted by molar-refractivity contribution is -0.148. The van der Waals surface area contributed by atoms with E-state index in [-0.39, 0.29) is 5.91 Å². The molecule has 2 aromatic carbocycles. The minimum atomic E-state index is -0.910. The first-order valence-electron chi connectivity index (χ1n) is 9.19. The van der Waals surface area contributed by atoms with Gasteiger partial charge in [-0.3, -0.25) is 4.79 Å². The predicted molar refractivity (Wildman–Crippen MR) is 111 cm³/mol. The summed E-state index contributed by atoms with van der Waals surface area (Å²) in [4.78, 5) is 28.7. The van der Waals surface area contributed by atoms with Crippen LogP contribution in [0.25, 0.3) is 17.0 Å². The van der Waals surface area contributed by atoms with Crippen molar-refractivity contribution in [2.45, 2.75) is 26.4 Å². The quantitative estimate of drug-likeness (QED) is 0.513. The molecule has 1 aromatic heterocycles. The van der Waals surface area contributed by atoms with Crippen LogP contribution in [0.15, 0.2) is 66.7 Å². The molecule has 0 saturated heterocycles. The molecule has 0 fully saturated rings. The molecule has 1 atom stereocenters. The smallest absolute Gasteiger partial charge is 0.331 e. The van der Waals surface area contributed by atoms with E-state index < -0.39 is 12.1 Å². The van der Waals surface area contributed by atoms with Crippen molar-refractivity contribution in [2.75, 3.05) is 5.32 Å². The molecule has 5 nitrogen and oxygen atoms in total. The average molecular weight is 374 g/mol. The van der Waals surface area contributed by atoms with Gasteiger partial charge >= 0.3 is 5.97 Å². The van der Waals surface area contributed by atoms with Crippen LogP contribution in [-0.4, -0.2) is 23.0 Å². The number of nitrogens with zero attached hydrogens (tertiary/aromatic N) is 1. The Morgan fingerprint density at radius 2 is 1.82 bits per heavy atom. The second-order valence-electron chi connectivity index (χ2n) is 6.38. The van der Waals surface area contributed by atoms with E-state index >= 15 is 0 Å². The lowest BCUT2D eigenvalue weighted by atomic mass is 10.1. The van der Waals surface area contributed by atoms with Crippen LogP contribution < -0.4 is 5.32 Å². The fourth-order valence-electron chi connectivity index (χ4n) is 2.66. The summed E-state index contributed by atoms with van der Waals surface area (Å²) in [6, 6.07) is 19.1. The number of aromatic nitrogens is 1. The number of fused-ring (bicyclic) bond motifs is 1. The van der Waals surface area contributed by atoms with Gasteiger partial charge in [0.1, 0.15) is 0 Å². The van der Waals surface area contributed by atoms with Gasteiger partial charge < -0.3 is 10.1 Å². The van der Waals surface area contributed by atoms with Crippen LogP contribution in [0.5, 0.6) is 0 Å². The molecule has 3 rings (SSSR count). The summed E-state index contributed by atoms with van der Waals surface area (Å²) in [6.07, 6.45) is 2.87. The van der Waals surface area contributed by atoms with E-state index in [0.717, 1.165) is 17.3 Å². The number of anilines is 1. The summed E-state index contributed by atoms with van der Waals surface area (Å²) in [5.41, 5.74) is 3.34. The highest BCUT2D eigenvalue weighted by Crippen LogP contribution is 2.13. The molecule has 5 heteroatoms. The summed E-state index contributed by atoms with van der Waals surface area (Å²) in [7, 11) is 0. The van der Waals surface area contributed by atoms with Crippen molar-refractivity contribution < 1.29 is 14.3 Å². The number of carbonyl (C=O) groups excluding carboxylic acids is 2. The van der Waals surface area contributed by atoms with Crippen molar-refractivity contribution in [3.63, 3.8) is 0 Å². The monoisotopic (exact) mass is 374 g/mol. The number of benzene rings is 2. The van der Waals surface area contributed by atoms with Crippen molar-refractivity contribution in [3.8, 4) is 0 Å². The van der Waals surface area contributed by atoms with Crippen molar-refractivity contribution in [3.05, 3.63) is 78.0 Å². The molecule has 0 bridgehead atoms. The Hall–Kier alpha value is -3.47. The molecule has 1 N–H and O–H groups in total. The van der Waals surface area contributed by atoms with Gasteiger partial charge in [-0.15, -0.1) is 0 Å². The van der Waals surface area contributed by atoms with Gasteiger partial charge in [-0.1, -0.05) is 43.3 Å². The first kappa shape index (κ1) is 19.3. The van der Waals surface area contributed by atoms with Crippen molar-refractivity contribution in [1.29, 1.82) is 0 Å². The number of para-hydroxylation sites is 1. The molecule has 28 heavy (non-hydrogen) atoms.